The van der Waals surface area contributed by atoms with Crippen LogP contribution in [-0.4, -0.2) is 25.5 Å². The third-order valence-electron chi connectivity index (χ3n) is 5.09. The highest BCUT2D eigenvalue weighted by molar-refractivity contribution is 6.02. The van der Waals surface area contributed by atoms with Crippen LogP contribution in [-0.2, 0) is 17.9 Å². The molecule has 2 heterocycles. The summed E-state index contributed by atoms with van der Waals surface area (Å²) in [7, 11) is 0. The lowest BCUT2D eigenvalue weighted by molar-refractivity contribution is -0.111. The predicted octanol–water partition coefficient (Wildman–Crippen LogP) is 4.42. The quantitative estimate of drug-likeness (QED) is 0.260. The van der Waals surface area contributed by atoms with E-state index in [1.54, 1.807) is 17.0 Å². The van der Waals surface area contributed by atoms with E-state index in [0.29, 0.717) is 12.2 Å². The minimum absolute atomic E-state index is 0.268. The van der Waals surface area contributed by atoms with Crippen molar-refractivity contribution >= 4 is 17.7 Å². The van der Waals surface area contributed by atoms with Crippen molar-refractivity contribution in [2.75, 3.05) is 5.32 Å². The highest BCUT2D eigenvalue weighted by Gasteiger charge is 2.26. The van der Waals surface area contributed by atoms with E-state index in [1.807, 2.05) is 13.8 Å². The lowest BCUT2D eigenvalue weighted by Gasteiger charge is -2.10. The van der Waals surface area contributed by atoms with E-state index in [4.69, 9.17) is 0 Å². The first-order chi connectivity index (χ1) is 15.1. The van der Waals surface area contributed by atoms with Crippen LogP contribution < -0.4 is 5.32 Å². The van der Waals surface area contributed by atoms with Gasteiger partial charge in [-0.05, 0) is 33.8 Å². The molecule has 2 aromatic heterocycles. The Morgan fingerprint density at radius 1 is 0.969 bits per heavy atom. The van der Waals surface area contributed by atoms with Crippen molar-refractivity contribution in [1.29, 1.82) is 0 Å². The number of carbonyl (C=O) groups excluding carboxylic acids is 1. The lowest BCUT2D eigenvalue weighted by atomic mass is 10.1. The summed E-state index contributed by atoms with van der Waals surface area (Å²) in [5, 5.41) is 10.9. The molecule has 170 valence electrons. The van der Waals surface area contributed by atoms with Crippen molar-refractivity contribution in [3.63, 3.8) is 0 Å². The normalized spacial score (nSPS) is 11.5. The number of aromatic nitrogens is 4. The summed E-state index contributed by atoms with van der Waals surface area (Å²) in [4.78, 5) is 12.4. The van der Waals surface area contributed by atoms with Gasteiger partial charge in [0.2, 0.25) is 11.7 Å². The molecular weight excluding hydrogens is 433 g/mol. The van der Waals surface area contributed by atoms with Crippen molar-refractivity contribution < 1.29 is 26.7 Å². The second kappa shape index (κ2) is 8.93. The predicted molar refractivity (Wildman–Crippen MR) is 107 cm³/mol. The number of amides is 1. The summed E-state index contributed by atoms with van der Waals surface area (Å²) in [5.41, 5.74) is 1.49. The molecule has 0 bridgehead atoms. The number of hydrogen-bond donors (Lipinski definition) is 1. The van der Waals surface area contributed by atoms with Gasteiger partial charge < -0.3 is 5.32 Å². The third-order valence-corrected chi connectivity index (χ3v) is 5.09. The molecule has 11 heteroatoms. The molecular formula is C21H20F5N5O. The molecule has 0 saturated carbocycles. The molecule has 0 aliphatic carbocycles. The van der Waals surface area contributed by atoms with Gasteiger partial charge in [0.15, 0.2) is 23.3 Å². The van der Waals surface area contributed by atoms with E-state index in [0.717, 1.165) is 15.9 Å². The molecule has 1 N–H and O–H groups in total. The number of hydrogen-bond acceptors (Lipinski definition) is 3. The van der Waals surface area contributed by atoms with Gasteiger partial charge in [0, 0.05) is 23.9 Å². The fourth-order valence-corrected chi connectivity index (χ4v) is 3.24. The molecule has 0 unspecified atom stereocenters. The lowest BCUT2D eigenvalue weighted by Crippen LogP contribution is -2.13. The third kappa shape index (κ3) is 4.14. The molecule has 0 saturated heterocycles. The Morgan fingerprint density at radius 3 is 2.12 bits per heavy atom. The van der Waals surface area contributed by atoms with E-state index in [1.165, 1.54) is 19.9 Å². The second-order valence-corrected chi connectivity index (χ2v) is 7.08. The Balaban J connectivity index is 1.83. The highest BCUT2D eigenvalue weighted by Crippen LogP contribution is 2.26. The fourth-order valence-electron chi connectivity index (χ4n) is 3.24. The monoisotopic (exact) mass is 453 g/mol. The van der Waals surface area contributed by atoms with Crippen LogP contribution >= 0.6 is 0 Å². The van der Waals surface area contributed by atoms with Gasteiger partial charge in [-0.3, -0.25) is 14.2 Å². The first-order valence-electron chi connectivity index (χ1n) is 9.62. The van der Waals surface area contributed by atoms with E-state index >= 15 is 0 Å². The Bertz CT molecular complexity index is 1200. The fraction of sp³-hybridized carbons (Fsp3) is 0.286. The molecule has 0 aliphatic rings. The molecule has 32 heavy (non-hydrogen) atoms. The van der Waals surface area contributed by atoms with Gasteiger partial charge in [-0.25, -0.2) is 22.0 Å². The van der Waals surface area contributed by atoms with Gasteiger partial charge in [-0.1, -0.05) is 0 Å². The summed E-state index contributed by atoms with van der Waals surface area (Å²) >= 11 is 0. The molecule has 3 aromatic rings. The highest BCUT2D eigenvalue weighted by atomic mass is 19.2. The maximum absolute atomic E-state index is 14.0. The number of benzene rings is 1. The Morgan fingerprint density at radius 2 is 1.56 bits per heavy atom. The van der Waals surface area contributed by atoms with Crippen LogP contribution in [0.3, 0.4) is 0 Å². The molecule has 6 nitrogen and oxygen atoms in total. The molecule has 0 radical (unpaired) electrons. The largest absolute Gasteiger partial charge is 0.319 e. The van der Waals surface area contributed by atoms with E-state index in [2.05, 4.69) is 15.5 Å². The van der Waals surface area contributed by atoms with Crippen LogP contribution in [0.15, 0.2) is 12.3 Å². The number of aryl methyl sites for hydroxylation is 2. The Labute approximate surface area is 180 Å². The van der Waals surface area contributed by atoms with Crippen molar-refractivity contribution in [2.24, 2.45) is 0 Å². The molecule has 0 spiro atoms. The van der Waals surface area contributed by atoms with Crippen LogP contribution in [0.25, 0.3) is 6.08 Å². The van der Waals surface area contributed by atoms with Crippen LogP contribution in [0.5, 0.6) is 0 Å². The van der Waals surface area contributed by atoms with Crippen molar-refractivity contribution in [3.05, 3.63) is 69.6 Å². The number of halogens is 5. The summed E-state index contributed by atoms with van der Waals surface area (Å²) in [6.45, 7) is 6.82. The molecule has 1 aromatic carbocycles. The molecule has 0 fully saturated rings. The first-order valence-corrected chi connectivity index (χ1v) is 9.62. The van der Waals surface area contributed by atoms with Crippen LogP contribution in [0.2, 0.25) is 0 Å². The zero-order valence-electron chi connectivity index (χ0n) is 17.7. The van der Waals surface area contributed by atoms with Crippen molar-refractivity contribution in [1.82, 2.24) is 19.6 Å². The maximum Gasteiger partial charge on any atom is 0.248 e. The van der Waals surface area contributed by atoms with Gasteiger partial charge in [-0.2, -0.15) is 10.2 Å². The minimum Gasteiger partial charge on any atom is -0.319 e. The zero-order chi connectivity index (χ0) is 23.7. The summed E-state index contributed by atoms with van der Waals surface area (Å²) in [5.74, 6) is -10.6. The molecule has 1 amide bonds. The number of nitrogens with one attached hydrogen (secondary N) is 1. The van der Waals surface area contributed by atoms with Gasteiger partial charge >= 0.3 is 0 Å². The average molecular weight is 453 g/mol. The maximum atomic E-state index is 14.0. The van der Waals surface area contributed by atoms with E-state index < -0.39 is 47.1 Å². The van der Waals surface area contributed by atoms with Gasteiger partial charge in [0.05, 0.1) is 35.4 Å². The SMILES string of the molecule is CCn1ncc(/C=C/C(=O)Nc2c(C)nn(Cc3c(F)c(F)c(F)c(F)c3F)c2C)c1C. The summed E-state index contributed by atoms with van der Waals surface area (Å²) in [6.07, 6.45) is 4.51. The van der Waals surface area contributed by atoms with Crippen LogP contribution in [0, 0.1) is 49.9 Å². The number of nitrogens with zero attached hydrogens (tertiary/aromatic N) is 4. The van der Waals surface area contributed by atoms with Gasteiger partial charge in [0.1, 0.15) is 0 Å². The second-order valence-electron chi connectivity index (χ2n) is 7.08. The molecule has 0 atom stereocenters. The summed E-state index contributed by atoms with van der Waals surface area (Å²) < 4.78 is 71.1. The number of anilines is 1. The van der Waals surface area contributed by atoms with E-state index in [-0.39, 0.29) is 11.4 Å². The average Bonchev–Trinajstić information content (AvgIpc) is 3.25. The van der Waals surface area contributed by atoms with Crippen molar-refractivity contribution in [2.45, 2.75) is 40.8 Å². The van der Waals surface area contributed by atoms with Gasteiger partial charge in [0.25, 0.3) is 0 Å². The minimum atomic E-state index is -2.23. The number of rotatable bonds is 6. The van der Waals surface area contributed by atoms with Crippen LogP contribution in [0.4, 0.5) is 27.6 Å². The standard InChI is InChI=1S/C21H20F5N5O/c1-5-30-11(3)13(8-27-30)6-7-15(32)28-21-10(2)29-31(12(21)4)9-14-16(22)18(24)20(26)19(25)17(14)23/h6-8H,5,9H2,1-4H3,(H,28,32)/b7-6+. The first kappa shape index (κ1) is 23.2. The Kier molecular flexibility index (Phi) is 6.47. The Hall–Kier alpha value is -3.50. The smallest absolute Gasteiger partial charge is 0.248 e. The van der Waals surface area contributed by atoms with Crippen LogP contribution in [0.1, 0.15) is 35.1 Å². The van der Waals surface area contributed by atoms with Gasteiger partial charge in [-0.15, -0.1) is 0 Å². The molecule has 3 rings (SSSR count). The topological polar surface area (TPSA) is 64.7 Å². The van der Waals surface area contributed by atoms with Crippen molar-refractivity contribution in [3.8, 4) is 0 Å². The summed E-state index contributed by atoms with van der Waals surface area (Å²) in [6, 6.07) is 0. The number of carbonyl (C=O) groups is 1. The zero-order valence-corrected chi connectivity index (χ0v) is 17.7. The molecule has 0 aliphatic heterocycles. The van der Waals surface area contributed by atoms with E-state index in [9.17, 15) is 26.7 Å².